The Morgan fingerprint density at radius 1 is 1.25 bits per heavy atom. The molecule has 128 valence electrons. The maximum Gasteiger partial charge on any atom is 0.407 e. The van der Waals surface area contributed by atoms with Crippen LogP contribution in [0.15, 0.2) is 34.7 Å². The first-order chi connectivity index (χ1) is 11.6. The standard InChI is InChI=1S/C16H17IN2O5/c1-2-22-14(20)13-12(19-15(17)24-13)8-9-18-16(21)23-10-11-6-4-3-5-7-11/h3-7H,2,8-10H2,1H3,(H,18,21). The average molecular weight is 444 g/mol. The molecule has 0 saturated carbocycles. The van der Waals surface area contributed by atoms with E-state index in [0.717, 1.165) is 5.56 Å². The summed E-state index contributed by atoms with van der Waals surface area (Å²) < 4.78 is 15.6. The van der Waals surface area contributed by atoms with Crippen molar-refractivity contribution in [2.75, 3.05) is 13.2 Å². The Morgan fingerprint density at radius 3 is 2.71 bits per heavy atom. The first kappa shape index (κ1) is 18.2. The minimum Gasteiger partial charge on any atom is -0.460 e. The third-order valence-corrected chi connectivity index (χ3v) is 3.44. The predicted octanol–water partition coefficient (Wildman–Crippen LogP) is 2.92. The number of oxazole rings is 1. The van der Waals surface area contributed by atoms with Crippen molar-refractivity contribution < 1.29 is 23.5 Å². The maximum atomic E-state index is 11.8. The van der Waals surface area contributed by atoms with Gasteiger partial charge in [0.1, 0.15) is 6.61 Å². The molecule has 0 fully saturated rings. The van der Waals surface area contributed by atoms with E-state index in [1.807, 2.05) is 52.9 Å². The molecular formula is C16H17IN2O5. The van der Waals surface area contributed by atoms with Crippen molar-refractivity contribution in [1.29, 1.82) is 0 Å². The van der Waals surface area contributed by atoms with Crippen LogP contribution in [0, 0.1) is 3.90 Å². The van der Waals surface area contributed by atoms with Crippen LogP contribution in [0.4, 0.5) is 4.79 Å². The summed E-state index contributed by atoms with van der Waals surface area (Å²) in [5.74, 6) is -0.490. The fourth-order valence-corrected chi connectivity index (χ4v) is 2.42. The van der Waals surface area contributed by atoms with Gasteiger partial charge in [-0.1, -0.05) is 30.3 Å². The van der Waals surface area contributed by atoms with Crippen molar-refractivity contribution in [2.24, 2.45) is 0 Å². The molecule has 1 heterocycles. The summed E-state index contributed by atoms with van der Waals surface area (Å²) in [6, 6.07) is 9.38. The molecular weight excluding hydrogens is 427 g/mol. The summed E-state index contributed by atoms with van der Waals surface area (Å²) in [6.07, 6.45) is -0.198. The Labute approximate surface area is 152 Å². The SMILES string of the molecule is CCOC(=O)c1oc(I)nc1CCNC(=O)OCc1ccccc1. The van der Waals surface area contributed by atoms with Gasteiger partial charge in [-0.15, -0.1) is 0 Å². The molecule has 0 bridgehead atoms. The molecule has 0 radical (unpaired) electrons. The molecule has 2 rings (SSSR count). The van der Waals surface area contributed by atoms with E-state index in [0.29, 0.717) is 16.0 Å². The molecule has 0 aliphatic carbocycles. The Kier molecular flexibility index (Phi) is 7.04. The second-order valence-corrected chi connectivity index (χ2v) is 5.62. The summed E-state index contributed by atoms with van der Waals surface area (Å²) >= 11 is 1.88. The number of benzene rings is 1. The highest BCUT2D eigenvalue weighted by Crippen LogP contribution is 2.14. The largest absolute Gasteiger partial charge is 0.460 e. The van der Waals surface area contributed by atoms with Crippen LogP contribution < -0.4 is 5.32 Å². The first-order valence-electron chi connectivity index (χ1n) is 7.37. The molecule has 1 N–H and O–H groups in total. The Hall–Kier alpha value is -2.10. The molecule has 2 aromatic rings. The molecule has 0 saturated heterocycles. The summed E-state index contributed by atoms with van der Waals surface area (Å²) in [7, 11) is 0. The van der Waals surface area contributed by atoms with Gasteiger partial charge >= 0.3 is 12.1 Å². The number of hydrogen-bond acceptors (Lipinski definition) is 6. The minimum atomic E-state index is -0.561. The van der Waals surface area contributed by atoms with Crippen LogP contribution in [0.3, 0.4) is 0 Å². The number of nitrogens with one attached hydrogen (secondary N) is 1. The zero-order valence-electron chi connectivity index (χ0n) is 13.1. The molecule has 7 nitrogen and oxygen atoms in total. The number of ether oxygens (including phenoxy) is 2. The molecule has 24 heavy (non-hydrogen) atoms. The number of aromatic nitrogens is 1. The van der Waals surface area contributed by atoms with Gasteiger partial charge in [0.2, 0.25) is 5.76 Å². The lowest BCUT2D eigenvalue weighted by Crippen LogP contribution is -2.26. The van der Waals surface area contributed by atoms with Crippen LogP contribution in [-0.4, -0.2) is 30.2 Å². The van der Waals surface area contributed by atoms with E-state index in [1.54, 1.807) is 6.92 Å². The van der Waals surface area contributed by atoms with Crippen molar-refractivity contribution in [3.63, 3.8) is 0 Å². The lowest BCUT2D eigenvalue weighted by atomic mass is 10.2. The molecule has 0 spiro atoms. The van der Waals surface area contributed by atoms with E-state index in [2.05, 4.69) is 10.3 Å². The van der Waals surface area contributed by atoms with E-state index in [4.69, 9.17) is 13.9 Å². The molecule has 1 aromatic heterocycles. The highest BCUT2D eigenvalue weighted by Gasteiger charge is 2.20. The van der Waals surface area contributed by atoms with Gasteiger partial charge < -0.3 is 19.2 Å². The highest BCUT2D eigenvalue weighted by molar-refractivity contribution is 14.1. The second-order valence-electron chi connectivity index (χ2n) is 4.70. The molecule has 0 atom stereocenters. The third-order valence-electron chi connectivity index (χ3n) is 2.98. The van der Waals surface area contributed by atoms with Crippen LogP contribution in [0.25, 0.3) is 0 Å². The van der Waals surface area contributed by atoms with Gasteiger partial charge in [-0.25, -0.2) is 14.6 Å². The lowest BCUT2D eigenvalue weighted by molar-refractivity contribution is 0.0486. The molecule has 0 unspecified atom stereocenters. The van der Waals surface area contributed by atoms with Crippen LogP contribution in [0.5, 0.6) is 0 Å². The minimum absolute atomic E-state index is 0.0701. The lowest BCUT2D eigenvalue weighted by Gasteiger charge is -2.06. The summed E-state index contributed by atoms with van der Waals surface area (Å²) in [5, 5.41) is 2.61. The number of carbonyl (C=O) groups is 2. The molecule has 0 aliphatic rings. The number of carbonyl (C=O) groups excluding carboxylic acids is 2. The number of amides is 1. The van der Waals surface area contributed by atoms with E-state index >= 15 is 0 Å². The van der Waals surface area contributed by atoms with Crippen LogP contribution in [0.2, 0.25) is 0 Å². The topological polar surface area (TPSA) is 90.7 Å². The van der Waals surface area contributed by atoms with E-state index in [-0.39, 0.29) is 25.5 Å². The summed E-state index contributed by atoms with van der Waals surface area (Å²) in [4.78, 5) is 27.6. The number of halogens is 1. The van der Waals surface area contributed by atoms with Crippen molar-refractivity contribution in [1.82, 2.24) is 10.3 Å². The average Bonchev–Trinajstić information content (AvgIpc) is 2.95. The molecule has 1 aromatic carbocycles. The second kappa shape index (κ2) is 9.26. The molecule has 0 aliphatic heterocycles. The van der Waals surface area contributed by atoms with E-state index in [1.165, 1.54) is 0 Å². The number of hydrogen-bond donors (Lipinski definition) is 1. The first-order valence-corrected chi connectivity index (χ1v) is 8.45. The number of alkyl carbamates (subject to hydrolysis) is 1. The van der Waals surface area contributed by atoms with Gasteiger partial charge in [-0.2, -0.15) is 0 Å². The van der Waals surface area contributed by atoms with Crippen molar-refractivity contribution in [2.45, 2.75) is 20.0 Å². The molecule has 8 heteroatoms. The van der Waals surface area contributed by atoms with Gasteiger partial charge in [0.25, 0.3) is 3.90 Å². The van der Waals surface area contributed by atoms with Gasteiger partial charge in [0, 0.05) is 35.6 Å². The fourth-order valence-electron chi connectivity index (χ4n) is 1.91. The van der Waals surface area contributed by atoms with Crippen LogP contribution in [0.1, 0.15) is 28.7 Å². The van der Waals surface area contributed by atoms with Crippen molar-refractivity contribution in [3.8, 4) is 0 Å². The quantitative estimate of drug-likeness (QED) is 0.522. The van der Waals surface area contributed by atoms with Gasteiger partial charge in [-0.3, -0.25) is 0 Å². The number of nitrogens with zero attached hydrogens (tertiary/aromatic N) is 1. The Bertz CT molecular complexity index is 687. The highest BCUT2D eigenvalue weighted by atomic mass is 127. The van der Waals surface area contributed by atoms with Crippen LogP contribution in [-0.2, 0) is 22.5 Å². The van der Waals surface area contributed by atoms with Crippen LogP contribution >= 0.6 is 22.6 Å². The zero-order chi connectivity index (χ0) is 17.4. The normalized spacial score (nSPS) is 10.2. The fraction of sp³-hybridized carbons (Fsp3) is 0.312. The summed E-state index contributed by atoms with van der Waals surface area (Å²) in [6.45, 7) is 2.42. The molecule has 1 amide bonds. The van der Waals surface area contributed by atoms with Gasteiger partial charge in [0.05, 0.1) is 12.3 Å². The Balaban J connectivity index is 1.79. The summed E-state index contributed by atoms with van der Waals surface area (Å²) in [5.41, 5.74) is 1.35. The number of rotatable bonds is 7. The smallest absolute Gasteiger partial charge is 0.407 e. The zero-order valence-corrected chi connectivity index (χ0v) is 15.2. The van der Waals surface area contributed by atoms with Gasteiger partial charge in [-0.05, 0) is 12.5 Å². The van der Waals surface area contributed by atoms with E-state index < -0.39 is 12.1 Å². The van der Waals surface area contributed by atoms with Crippen molar-refractivity contribution in [3.05, 3.63) is 51.2 Å². The third kappa shape index (κ3) is 5.52. The van der Waals surface area contributed by atoms with Crippen molar-refractivity contribution >= 4 is 34.7 Å². The Morgan fingerprint density at radius 2 is 2.00 bits per heavy atom. The van der Waals surface area contributed by atoms with E-state index in [9.17, 15) is 9.59 Å². The van der Waals surface area contributed by atoms with Gasteiger partial charge in [0.15, 0.2) is 0 Å². The monoisotopic (exact) mass is 444 g/mol. The predicted molar refractivity (Wildman–Crippen MR) is 93.5 cm³/mol. The maximum absolute atomic E-state index is 11.8. The number of esters is 1.